The number of esters is 1. The molecule has 2 spiro atoms. The standard InChI is InChI=1S/C23H34O3/c1-5-20(3,4)19(24)25-13(2)26-21-9-16-15-6-14-7-22(16)12-23(8-14,17(15)10-21)18(22)11-21/h13-18H,5-12H2,1-4H3. The molecule has 0 heterocycles. The lowest BCUT2D eigenvalue weighted by Crippen LogP contribution is -2.83. The highest BCUT2D eigenvalue weighted by atomic mass is 16.7. The van der Waals surface area contributed by atoms with Crippen LogP contribution < -0.4 is 0 Å². The van der Waals surface area contributed by atoms with Crippen molar-refractivity contribution in [3.05, 3.63) is 0 Å². The Morgan fingerprint density at radius 1 is 1.12 bits per heavy atom. The molecule has 9 saturated carbocycles. The van der Waals surface area contributed by atoms with Crippen LogP contribution >= 0.6 is 0 Å². The van der Waals surface area contributed by atoms with Gasteiger partial charge >= 0.3 is 5.97 Å². The van der Waals surface area contributed by atoms with Crippen LogP contribution in [0, 0.1) is 45.8 Å². The zero-order valence-electron chi connectivity index (χ0n) is 16.8. The molecular formula is C23H34O3. The molecule has 0 N–H and O–H groups in total. The predicted octanol–water partition coefficient (Wildman–Crippen LogP) is 4.93. The van der Waals surface area contributed by atoms with Crippen LogP contribution in [0.4, 0.5) is 0 Å². The number of carbonyl (C=O) groups excluding carboxylic acids is 1. The maximum absolute atomic E-state index is 12.5. The van der Waals surface area contributed by atoms with Crippen molar-refractivity contribution in [1.82, 2.24) is 0 Å². The molecule has 0 aromatic heterocycles. The van der Waals surface area contributed by atoms with Crippen LogP contribution in [0.25, 0.3) is 0 Å². The number of hydrogen-bond donors (Lipinski definition) is 0. The van der Waals surface area contributed by atoms with Gasteiger partial charge in [0.2, 0.25) is 6.29 Å². The summed E-state index contributed by atoms with van der Waals surface area (Å²) in [5.41, 5.74) is 1.00. The number of carbonyl (C=O) groups is 1. The summed E-state index contributed by atoms with van der Waals surface area (Å²) in [6, 6.07) is 0. The fourth-order valence-electron chi connectivity index (χ4n) is 9.49. The van der Waals surface area contributed by atoms with Crippen LogP contribution in [0.2, 0.25) is 0 Å². The first-order valence-corrected chi connectivity index (χ1v) is 11.1. The first-order valence-electron chi connectivity index (χ1n) is 11.1. The summed E-state index contributed by atoms with van der Waals surface area (Å²) >= 11 is 0. The SMILES string of the molecule is CCC(C)(C)C(=O)OC(C)OC12CC3C4CC5CC36CC(C5)(C4C1)C6C2. The average Bonchev–Trinajstić information content (AvgIpc) is 2.58. The molecule has 0 aromatic rings. The molecular weight excluding hydrogens is 324 g/mol. The summed E-state index contributed by atoms with van der Waals surface area (Å²) < 4.78 is 12.4. The number of hydrogen-bond acceptors (Lipinski definition) is 3. The fraction of sp³-hybridized carbons (Fsp3) is 0.957. The molecule has 3 heteroatoms. The van der Waals surface area contributed by atoms with Gasteiger partial charge in [0.15, 0.2) is 0 Å². The van der Waals surface area contributed by atoms with E-state index in [4.69, 9.17) is 9.47 Å². The number of rotatable bonds is 5. The van der Waals surface area contributed by atoms with Crippen molar-refractivity contribution in [1.29, 1.82) is 0 Å². The van der Waals surface area contributed by atoms with Gasteiger partial charge in [0, 0.05) is 0 Å². The van der Waals surface area contributed by atoms with Crippen LogP contribution in [0.5, 0.6) is 0 Å². The Kier molecular flexibility index (Phi) is 2.85. The summed E-state index contributed by atoms with van der Waals surface area (Å²) in [4.78, 5) is 12.5. The van der Waals surface area contributed by atoms with Crippen molar-refractivity contribution >= 4 is 5.97 Å². The molecule has 9 rings (SSSR count). The topological polar surface area (TPSA) is 35.5 Å². The first-order chi connectivity index (χ1) is 12.2. The van der Waals surface area contributed by atoms with Gasteiger partial charge in [0.1, 0.15) is 0 Å². The normalized spacial score (nSPS) is 55.8. The minimum absolute atomic E-state index is 0.00412. The van der Waals surface area contributed by atoms with E-state index < -0.39 is 11.7 Å². The van der Waals surface area contributed by atoms with E-state index in [0.29, 0.717) is 10.8 Å². The van der Waals surface area contributed by atoms with E-state index in [2.05, 4.69) is 0 Å². The summed E-state index contributed by atoms with van der Waals surface area (Å²) in [7, 11) is 0. The van der Waals surface area contributed by atoms with Crippen molar-refractivity contribution in [2.45, 2.75) is 91.0 Å². The van der Waals surface area contributed by atoms with E-state index in [0.717, 1.165) is 36.0 Å². The molecule has 9 aliphatic rings. The van der Waals surface area contributed by atoms with Gasteiger partial charge in [-0.1, -0.05) is 6.92 Å². The predicted molar refractivity (Wildman–Crippen MR) is 98.1 cm³/mol. The maximum atomic E-state index is 12.5. The van der Waals surface area contributed by atoms with Gasteiger partial charge in [-0.15, -0.1) is 0 Å². The van der Waals surface area contributed by atoms with E-state index in [-0.39, 0.29) is 11.6 Å². The van der Waals surface area contributed by atoms with Gasteiger partial charge in [0.05, 0.1) is 11.0 Å². The molecule has 26 heavy (non-hydrogen) atoms. The summed E-state index contributed by atoms with van der Waals surface area (Å²) in [5, 5.41) is 0. The molecule has 0 aliphatic heterocycles. The van der Waals surface area contributed by atoms with Crippen LogP contribution in [0.1, 0.15) is 79.1 Å². The highest BCUT2D eigenvalue weighted by Gasteiger charge is 2.84. The van der Waals surface area contributed by atoms with Crippen molar-refractivity contribution < 1.29 is 14.3 Å². The molecule has 0 amide bonds. The Morgan fingerprint density at radius 2 is 1.77 bits per heavy atom. The average molecular weight is 359 g/mol. The van der Waals surface area contributed by atoms with Gasteiger partial charge in [0.25, 0.3) is 0 Å². The third-order valence-corrected chi connectivity index (χ3v) is 10.4. The van der Waals surface area contributed by atoms with E-state index in [9.17, 15) is 4.79 Å². The molecule has 0 saturated heterocycles. The molecule has 0 aromatic carbocycles. The van der Waals surface area contributed by atoms with Crippen LogP contribution in [0.3, 0.4) is 0 Å². The molecule has 5 atom stereocenters. The molecule has 3 nitrogen and oxygen atoms in total. The molecule has 9 aliphatic carbocycles. The van der Waals surface area contributed by atoms with Crippen molar-refractivity contribution in [2.75, 3.05) is 0 Å². The van der Waals surface area contributed by atoms with Crippen molar-refractivity contribution in [3.8, 4) is 0 Å². The Labute approximate surface area is 157 Å². The highest BCUT2D eigenvalue weighted by molar-refractivity contribution is 5.75. The van der Waals surface area contributed by atoms with Gasteiger partial charge < -0.3 is 9.47 Å². The van der Waals surface area contributed by atoms with E-state index in [1.165, 1.54) is 38.5 Å². The van der Waals surface area contributed by atoms with Crippen molar-refractivity contribution in [2.24, 2.45) is 45.8 Å². The Bertz CT molecular complexity index is 633. The molecule has 9 fully saturated rings. The Morgan fingerprint density at radius 3 is 2.38 bits per heavy atom. The lowest BCUT2D eigenvalue weighted by molar-refractivity contribution is -0.421. The van der Waals surface area contributed by atoms with E-state index in [1.807, 2.05) is 27.7 Å². The van der Waals surface area contributed by atoms with E-state index in [1.54, 1.807) is 6.42 Å². The zero-order chi connectivity index (χ0) is 18.1. The first kappa shape index (κ1) is 16.4. The summed E-state index contributed by atoms with van der Waals surface area (Å²) in [5.74, 6) is 4.69. The quantitative estimate of drug-likeness (QED) is 0.516. The summed E-state index contributed by atoms with van der Waals surface area (Å²) in [6.07, 6.45) is 10.2. The lowest BCUT2D eigenvalue weighted by atomic mass is 9.17. The largest absolute Gasteiger partial charge is 0.436 e. The zero-order valence-corrected chi connectivity index (χ0v) is 16.8. The van der Waals surface area contributed by atoms with Crippen LogP contribution in [-0.4, -0.2) is 17.9 Å². The fourth-order valence-corrected chi connectivity index (χ4v) is 9.49. The highest BCUT2D eigenvalue weighted by Crippen LogP contribution is 2.90. The molecule has 8 bridgehead atoms. The molecule has 0 radical (unpaired) electrons. The van der Waals surface area contributed by atoms with E-state index >= 15 is 0 Å². The Balaban J connectivity index is 1.23. The van der Waals surface area contributed by atoms with Crippen LogP contribution in [0.15, 0.2) is 0 Å². The minimum Gasteiger partial charge on any atom is -0.436 e. The number of ether oxygens (including phenoxy) is 2. The van der Waals surface area contributed by atoms with Crippen molar-refractivity contribution in [3.63, 3.8) is 0 Å². The van der Waals surface area contributed by atoms with Crippen LogP contribution in [-0.2, 0) is 14.3 Å². The van der Waals surface area contributed by atoms with Gasteiger partial charge in [-0.05, 0) is 113 Å². The summed E-state index contributed by atoms with van der Waals surface area (Å²) in [6.45, 7) is 7.92. The van der Waals surface area contributed by atoms with Gasteiger partial charge in [-0.2, -0.15) is 0 Å². The second-order valence-corrected chi connectivity index (χ2v) is 11.7. The Hall–Kier alpha value is -0.570. The minimum atomic E-state index is -0.420. The molecule has 5 unspecified atom stereocenters. The lowest BCUT2D eigenvalue weighted by Gasteiger charge is -2.88. The second-order valence-electron chi connectivity index (χ2n) is 11.7. The smallest absolute Gasteiger partial charge is 0.313 e. The third-order valence-electron chi connectivity index (χ3n) is 10.4. The third kappa shape index (κ3) is 1.65. The van der Waals surface area contributed by atoms with Gasteiger partial charge in [-0.25, -0.2) is 0 Å². The second kappa shape index (κ2) is 4.53. The van der Waals surface area contributed by atoms with Gasteiger partial charge in [-0.3, -0.25) is 4.79 Å². The molecule has 144 valence electrons. The monoisotopic (exact) mass is 358 g/mol. The maximum Gasteiger partial charge on any atom is 0.313 e.